The average Bonchev–Trinajstić information content (AvgIpc) is 3.06. The fourth-order valence-corrected chi connectivity index (χ4v) is 2.15. The number of hydrogen-bond donors (Lipinski definition) is 1. The molecule has 1 aromatic heterocycles. The Labute approximate surface area is 163 Å². The van der Waals surface area contributed by atoms with Crippen LogP contribution in [-0.4, -0.2) is 31.1 Å². The van der Waals surface area contributed by atoms with Crippen molar-refractivity contribution in [1.29, 1.82) is 0 Å². The lowest BCUT2D eigenvalue weighted by atomic mass is 10.2. The van der Waals surface area contributed by atoms with E-state index >= 15 is 0 Å². The van der Waals surface area contributed by atoms with Crippen LogP contribution >= 0.6 is 24.0 Å². The number of nitrogens with zero attached hydrogens (tertiary/aromatic N) is 2. The molecule has 0 aliphatic carbocycles. The molecule has 138 valence electrons. The predicted molar refractivity (Wildman–Crippen MR) is 103 cm³/mol. The van der Waals surface area contributed by atoms with Crippen molar-refractivity contribution in [3.05, 3.63) is 54.0 Å². The Balaban J connectivity index is 0.00000312. The first-order valence-corrected chi connectivity index (χ1v) is 7.64. The molecule has 25 heavy (non-hydrogen) atoms. The Kier molecular flexibility index (Phi) is 9.25. The van der Waals surface area contributed by atoms with Crippen LogP contribution in [0.3, 0.4) is 0 Å². The van der Waals surface area contributed by atoms with E-state index in [0.717, 1.165) is 23.8 Å². The molecule has 0 saturated heterocycles. The van der Waals surface area contributed by atoms with E-state index in [9.17, 15) is 8.78 Å². The topological polar surface area (TPSA) is 50.0 Å². The number of rotatable bonds is 7. The van der Waals surface area contributed by atoms with E-state index in [0.29, 0.717) is 13.1 Å². The van der Waals surface area contributed by atoms with E-state index in [-0.39, 0.29) is 29.7 Å². The van der Waals surface area contributed by atoms with Gasteiger partial charge in [0.05, 0.1) is 6.26 Å². The van der Waals surface area contributed by atoms with E-state index in [2.05, 4.69) is 15.0 Å². The second-order valence-corrected chi connectivity index (χ2v) is 5.13. The largest absolute Gasteiger partial charge is 0.467 e. The highest BCUT2D eigenvalue weighted by Crippen LogP contribution is 2.15. The third kappa shape index (κ3) is 7.29. The summed E-state index contributed by atoms with van der Waals surface area (Å²) in [5.41, 5.74) is 0.961. The number of alkyl halides is 2. The highest BCUT2D eigenvalue weighted by molar-refractivity contribution is 14.0. The van der Waals surface area contributed by atoms with Gasteiger partial charge in [-0.3, -0.25) is 0 Å². The van der Waals surface area contributed by atoms with Gasteiger partial charge in [0.2, 0.25) is 0 Å². The van der Waals surface area contributed by atoms with Crippen LogP contribution in [0, 0.1) is 0 Å². The molecule has 1 heterocycles. The van der Waals surface area contributed by atoms with Gasteiger partial charge in [-0.1, -0.05) is 12.1 Å². The van der Waals surface area contributed by atoms with Crippen molar-refractivity contribution >= 4 is 29.9 Å². The normalized spacial score (nSPS) is 11.2. The SMILES string of the molecule is CCNC(=NCc1ccco1)N(C)Cc1ccc(OC(F)F)cc1.I. The fourth-order valence-electron chi connectivity index (χ4n) is 2.15. The quantitative estimate of drug-likeness (QED) is 0.380. The van der Waals surface area contributed by atoms with Gasteiger partial charge >= 0.3 is 6.61 Å². The summed E-state index contributed by atoms with van der Waals surface area (Å²) >= 11 is 0. The van der Waals surface area contributed by atoms with E-state index in [1.54, 1.807) is 18.4 Å². The summed E-state index contributed by atoms with van der Waals surface area (Å²) in [5, 5.41) is 3.21. The van der Waals surface area contributed by atoms with Crippen molar-refractivity contribution in [2.24, 2.45) is 4.99 Å². The van der Waals surface area contributed by atoms with Crippen molar-refractivity contribution in [1.82, 2.24) is 10.2 Å². The van der Waals surface area contributed by atoms with E-state index in [1.165, 1.54) is 12.1 Å². The van der Waals surface area contributed by atoms with Gasteiger partial charge in [-0.2, -0.15) is 8.78 Å². The van der Waals surface area contributed by atoms with Gasteiger partial charge in [0, 0.05) is 20.1 Å². The molecule has 8 heteroatoms. The summed E-state index contributed by atoms with van der Waals surface area (Å²) in [5.74, 6) is 1.67. The number of aliphatic imine (C=N–C) groups is 1. The molecule has 0 spiro atoms. The highest BCUT2D eigenvalue weighted by Gasteiger charge is 2.08. The van der Waals surface area contributed by atoms with Gasteiger partial charge in [0.15, 0.2) is 5.96 Å². The second-order valence-electron chi connectivity index (χ2n) is 5.13. The Bertz CT molecular complexity index is 634. The van der Waals surface area contributed by atoms with Crippen molar-refractivity contribution < 1.29 is 17.9 Å². The average molecular weight is 465 g/mol. The van der Waals surface area contributed by atoms with Gasteiger partial charge in [-0.05, 0) is 36.8 Å². The Morgan fingerprint density at radius 2 is 2.00 bits per heavy atom. The molecule has 0 aliphatic heterocycles. The van der Waals surface area contributed by atoms with E-state index in [4.69, 9.17) is 4.42 Å². The molecule has 0 bridgehead atoms. The smallest absolute Gasteiger partial charge is 0.387 e. The first-order chi connectivity index (χ1) is 11.6. The maximum Gasteiger partial charge on any atom is 0.387 e. The Morgan fingerprint density at radius 1 is 1.28 bits per heavy atom. The molecule has 2 aromatic rings. The molecule has 0 radical (unpaired) electrons. The van der Waals surface area contributed by atoms with Gasteiger partial charge in [0.1, 0.15) is 18.1 Å². The molecule has 0 amide bonds. The third-order valence-electron chi connectivity index (χ3n) is 3.23. The molecule has 0 unspecified atom stereocenters. The Hall–Kier alpha value is -1.84. The predicted octanol–water partition coefficient (Wildman–Crippen LogP) is 4.10. The number of halogens is 3. The number of ether oxygens (including phenoxy) is 1. The fraction of sp³-hybridized carbons (Fsp3) is 0.353. The molecule has 0 aliphatic rings. The zero-order valence-corrected chi connectivity index (χ0v) is 16.4. The van der Waals surface area contributed by atoms with Crippen LogP contribution in [0.1, 0.15) is 18.2 Å². The van der Waals surface area contributed by atoms with Gasteiger partial charge in [-0.15, -0.1) is 24.0 Å². The summed E-state index contributed by atoms with van der Waals surface area (Å²) in [6.07, 6.45) is 1.62. The molecule has 0 atom stereocenters. The van der Waals surface area contributed by atoms with Gasteiger partial charge in [0.25, 0.3) is 0 Å². The van der Waals surface area contributed by atoms with Crippen LogP contribution in [0.25, 0.3) is 0 Å². The van der Waals surface area contributed by atoms with Crippen molar-refractivity contribution in [3.8, 4) is 5.75 Å². The molecule has 2 rings (SSSR count). The minimum atomic E-state index is -2.81. The van der Waals surface area contributed by atoms with Gasteiger partial charge < -0.3 is 19.4 Å². The van der Waals surface area contributed by atoms with Crippen LogP contribution in [0.2, 0.25) is 0 Å². The number of benzene rings is 1. The lowest BCUT2D eigenvalue weighted by molar-refractivity contribution is -0.0498. The van der Waals surface area contributed by atoms with E-state index < -0.39 is 6.61 Å². The lowest BCUT2D eigenvalue weighted by Crippen LogP contribution is -2.38. The summed E-state index contributed by atoms with van der Waals surface area (Å²) in [6.45, 7) is 0.947. The molecule has 0 fully saturated rings. The second kappa shape index (κ2) is 10.9. The van der Waals surface area contributed by atoms with Crippen LogP contribution in [0.15, 0.2) is 52.1 Å². The molecule has 1 aromatic carbocycles. The minimum Gasteiger partial charge on any atom is -0.467 e. The van der Waals surface area contributed by atoms with Crippen molar-refractivity contribution in [2.75, 3.05) is 13.6 Å². The van der Waals surface area contributed by atoms with Crippen molar-refractivity contribution in [2.45, 2.75) is 26.6 Å². The number of guanidine groups is 1. The first-order valence-electron chi connectivity index (χ1n) is 7.64. The Morgan fingerprint density at radius 3 is 2.56 bits per heavy atom. The van der Waals surface area contributed by atoms with Crippen LogP contribution < -0.4 is 10.1 Å². The summed E-state index contributed by atoms with van der Waals surface area (Å²) in [4.78, 5) is 6.48. The van der Waals surface area contributed by atoms with Crippen LogP contribution in [-0.2, 0) is 13.1 Å². The number of hydrogen-bond acceptors (Lipinski definition) is 3. The monoisotopic (exact) mass is 465 g/mol. The molecule has 5 nitrogen and oxygen atoms in total. The summed E-state index contributed by atoms with van der Waals surface area (Å²) < 4.78 is 33.9. The van der Waals surface area contributed by atoms with Crippen LogP contribution in [0.4, 0.5) is 8.78 Å². The molecular weight excluding hydrogens is 443 g/mol. The molecule has 0 saturated carbocycles. The maximum atomic E-state index is 12.2. The maximum absolute atomic E-state index is 12.2. The number of nitrogens with one attached hydrogen (secondary N) is 1. The molecule has 1 N–H and O–H groups in total. The van der Waals surface area contributed by atoms with Crippen LogP contribution in [0.5, 0.6) is 5.75 Å². The summed E-state index contributed by atoms with van der Waals surface area (Å²) in [7, 11) is 1.91. The highest BCUT2D eigenvalue weighted by atomic mass is 127. The number of furan rings is 1. The first kappa shape index (κ1) is 21.2. The third-order valence-corrected chi connectivity index (χ3v) is 3.23. The van der Waals surface area contributed by atoms with E-state index in [1.807, 2.05) is 31.0 Å². The van der Waals surface area contributed by atoms with Gasteiger partial charge in [-0.25, -0.2) is 4.99 Å². The minimum absolute atomic E-state index is 0. The molecular formula is C17H22F2IN3O2. The lowest BCUT2D eigenvalue weighted by Gasteiger charge is -2.22. The zero-order chi connectivity index (χ0) is 17.4. The van der Waals surface area contributed by atoms with Crippen molar-refractivity contribution in [3.63, 3.8) is 0 Å². The standard InChI is InChI=1S/C17H21F2N3O2.HI/c1-3-20-17(21-11-15-5-4-10-23-15)22(2)12-13-6-8-14(9-7-13)24-16(18)19;/h4-10,16H,3,11-12H2,1-2H3,(H,20,21);1H. The summed E-state index contributed by atoms with van der Waals surface area (Å²) in [6, 6.07) is 10.3. The zero-order valence-electron chi connectivity index (χ0n) is 14.1.